The highest BCUT2D eigenvalue weighted by Crippen LogP contribution is 2.27. The number of ether oxygens (including phenoxy) is 4. The Balaban J connectivity index is 1.30. The second-order valence-electron chi connectivity index (χ2n) is 5.52. The van der Waals surface area contributed by atoms with Gasteiger partial charge >= 0.3 is 0 Å². The van der Waals surface area contributed by atoms with Crippen molar-refractivity contribution in [3.05, 3.63) is 24.3 Å². The summed E-state index contributed by atoms with van der Waals surface area (Å²) in [6.45, 7) is 4.12. The van der Waals surface area contributed by atoms with Crippen molar-refractivity contribution < 1.29 is 18.9 Å². The number of epoxide rings is 1. The van der Waals surface area contributed by atoms with E-state index >= 15 is 0 Å². The third kappa shape index (κ3) is 3.87. The molecule has 110 valence electrons. The summed E-state index contributed by atoms with van der Waals surface area (Å²) in [7, 11) is 0. The van der Waals surface area contributed by atoms with Crippen molar-refractivity contribution in [3.63, 3.8) is 0 Å². The molecule has 2 atom stereocenters. The van der Waals surface area contributed by atoms with Crippen LogP contribution in [0.15, 0.2) is 24.3 Å². The van der Waals surface area contributed by atoms with Crippen LogP contribution in [0.2, 0.25) is 0 Å². The fraction of sp³-hybridized carbons (Fsp3) is 0.625. The summed E-state index contributed by atoms with van der Waals surface area (Å²) in [5.74, 6) is 2.45. The lowest BCUT2D eigenvalue weighted by Crippen LogP contribution is -2.19. The van der Waals surface area contributed by atoms with Crippen LogP contribution in [-0.4, -0.2) is 32.2 Å². The molecule has 0 amide bonds. The SMILES string of the molecule is CC1OC1Oc1ccc(OCCOCC2CCC2)cc1. The van der Waals surface area contributed by atoms with Gasteiger partial charge in [-0.1, -0.05) is 6.42 Å². The van der Waals surface area contributed by atoms with Crippen LogP contribution in [0.3, 0.4) is 0 Å². The molecule has 0 bridgehead atoms. The maximum Gasteiger partial charge on any atom is 0.226 e. The van der Waals surface area contributed by atoms with E-state index in [1.54, 1.807) is 0 Å². The van der Waals surface area contributed by atoms with Crippen LogP contribution in [0.25, 0.3) is 0 Å². The zero-order valence-electron chi connectivity index (χ0n) is 11.9. The highest BCUT2D eigenvalue weighted by molar-refractivity contribution is 5.31. The van der Waals surface area contributed by atoms with Gasteiger partial charge in [0, 0.05) is 6.61 Å². The summed E-state index contributed by atoms with van der Waals surface area (Å²) in [6.07, 6.45) is 4.14. The summed E-state index contributed by atoms with van der Waals surface area (Å²) >= 11 is 0. The number of rotatable bonds is 8. The molecule has 1 heterocycles. The quantitative estimate of drug-likeness (QED) is 0.541. The molecule has 1 aromatic rings. The predicted molar refractivity (Wildman–Crippen MR) is 75.1 cm³/mol. The van der Waals surface area contributed by atoms with Gasteiger partial charge in [0.25, 0.3) is 0 Å². The maximum absolute atomic E-state index is 5.62. The molecule has 1 aromatic carbocycles. The van der Waals surface area contributed by atoms with Gasteiger partial charge in [-0.2, -0.15) is 0 Å². The monoisotopic (exact) mass is 278 g/mol. The lowest BCUT2D eigenvalue weighted by Gasteiger charge is -2.24. The second kappa shape index (κ2) is 6.46. The summed E-state index contributed by atoms with van der Waals surface area (Å²) in [5, 5.41) is 0. The van der Waals surface area contributed by atoms with Gasteiger partial charge in [0.15, 0.2) is 0 Å². The first-order chi connectivity index (χ1) is 9.81. The lowest BCUT2D eigenvalue weighted by molar-refractivity contribution is 0.0515. The van der Waals surface area contributed by atoms with Gasteiger partial charge < -0.3 is 18.9 Å². The molecule has 0 N–H and O–H groups in total. The van der Waals surface area contributed by atoms with Crippen molar-refractivity contribution in [1.82, 2.24) is 0 Å². The molecule has 4 heteroatoms. The van der Waals surface area contributed by atoms with Crippen molar-refractivity contribution in [2.24, 2.45) is 5.92 Å². The summed E-state index contributed by atoms with van der Waals surface area (Å²) in [4.78, 5) is 0. The van der Waals surface area contributed by atoms with Gasteiger partial charge in [0.2, 0.25) is 6.29 Å². The minimum Gasteiger partial charge on any atom is -0.491 e. The Labute approximate surface area is 120 Å². The molecular weight excluding hydrogens is 256 g/mol. The zero-order valence-corrected chi connectivity index (χ0v) is 11.9. The van der Waals surface area contributed by atoms with Crippen molar-refractivity contribution >= 4 is 0 Å². The molecule has 3 rings (SSSR count). The van der Waals surface area contributed by atoms with E-state index in [1.807, 2.05) is 31.2 Å². The second-order valence-corrected chi connectivity index (χ2v) is 5.52. The Hall–Kier alpha value is -1.26. The van der Waals surface area contributed by atoms with E-state index in [0.29, 0.717) is 13.2 Å². The molecule has 1 saturated heterocycles. The zero-order chi connectivity index (χ0) is 13.8. The van der Waals surface area contributed by atoms with E-state index in [-0.39, 0.29) is 12.4 Å². The van der Waals surface area contributed by atoms with E-state index < -0.39 is 0 Å². The summed E-state index contributed by atoms with van der Waals surface area (Å²) < 4.78 is 22.0. The molecule has 2 unspecified atom stereocenters. The number of hydrogen-bond donors (Lipinski definition) is 0. The van der Waals surface area contributed by atoms with Crippen molar-refractivity contribution in [1.29, 1.82) is 0 Å². The molecule has 1 aliphatic heterocycles. The van der Waals surface area contributed by atoms with E-state index in [0.717, 1.165) is 24.0 Å². The Morgan fingerprint density at radius 2 is 1.80 bits per heavy atom. The maximum atomic E-state index is 5.62. The van der Waals surface area contributed by atoms with Crippen LogP contribution in [0.1, 0.15) is 26.2 Å². The Morgan fingerprint density at radius 3 is 2.40 bits per heavy atom. The molecule has 4 nitrogen and oxygen atoms in total. The van der Waals surface area contributed by atoms with Crippen LogP contribution < -0.4 is 9.47 Å². The average Bonchev–Trinajstić information content (AvgIpc) is 3.09. The van der Waals surface area contributed by atoms with Gasteiger partial charge in [0.05, 0.1) is 6.61 Å². The third-order valence-corrected chi connectivity index (χ3v) is 3.81. The van der Waals surface area contributed by atoms with Gasteiger partial charge in [-0.15, -0.1) is 0 Å². The standard InChI is InChI=1S/C16H22O4/c1-12-16(19-12)20-15-7-5-14(6-8-15)18-10-9-17-11-13-3-2-4-13/h5-8,12-13,16H,2-4,9-11H2,1H3. The highest BCUT2D eigenvalue weighted by atomic mass is 16.8. The van der Waals surface area contributed by atoms with E-state index in [9.17, 15) is 0 Å². The molecule has 1 aliphatic carbocycles. The van der Waals surface area contributed by atoms with E-state index in [1.165, 1.54) is 19.3 Å². The topological polar surface area (TPSA) is 40.2 Å². The first-order valence-electron chi connectivity index (χ1n) is 7.44. The Bertz CT molecular complexity index is 413. The van der Waals surface area contributed by atoms with E-state index in [2.05, 4.69) is 0 Å². The van der Waals surface area contributed by atoms with Gasteiger partial charge in [-0.3, -0.25) is 0 Å². The van der Waals surface area contributed by atoms with Crippen molar-refractivity contribution in [2.75, 3.05) is 19.8 Å². The van der Waals surface area contributed by atoms with Crippen LogP contribution in [0, 0.1) is 5.92 Å². The molecule has 1 saturated carbocycles. The molecule has 0 spiro atoms. The Kier molecular flexibility index (Phi) is 4.43. The molecular formula is C16H22O4. The largest absolute Gasteiger partial charge is 0.491 e. The van der Waals surface area contributed by atoms with Crippen LogP contribution in [-0.2, 0) is 9.47 Å². The van der Waals surface area contributed by atoms with Gasteiger partial charge in [-0.25, -0.2) is 0 Å². The normalized spacial score (nSPS) is 25.1. The molecule has 2 aliphatic rings. The summed E-state index contributed by atoms with van der Waals surface area (Å²) in [5.41, 5.74) is 0. The molecule has 0 radical (unpaired) electrons. The smallest absolute Gasteiger partial charge is 0.226 e. The molecule has 0 aromatic heterocycles. The fourth-order valence-electron chi connectivity index (χ4n) is 2.17. The third-order valence-electron chi connectivity index (χ3n) is 3.81. The average molecular weight is 278 g/mol. The lowest BCUT2D eigenvalue weighted by atomic mass is 9.86. The van der Waals surface area contributed by atoms with Crippen LogP contribution >= 0.6 is 0 Å². The fourth-order valence-corrected chi connectivity index (χ4v) is 2.17. The molecule has 20 heavy (non-hydrogen) atoms. The van der Waals surface area contributed by atoms with Crippen LogP contribution in [0.5, 0.6) is 11.5 Å². The minimum absolute atomic E-state index is 0.0818. The van der Waals surface area contributed by atoms with Crippen LogP contribution in [0.4, 0.5) is 0 Å². The summed E-state index contributed by atoms with van der Waals surface area (Å²) in [6, 6.07) is 7.63. The predicted octanol–water partition coefficient (Wildman–Crippen LogP) is 3.01. The first-order valence-corrected chi connectivity index (χ1v) is 7.44. The highest BCUT2D eigenvalue weighted by Gasteiger charge is 2.36. The first kappa shape index (κ1) is 13.7. The number of hydrogen-bond acceptors (Lipinski definition) is 4. The van der Waals surface area contributed by atoms with Gasteiger partial charge in [-0.05, 0) is 49.9 Å². The van der Waals surface area contributed by atoms with Crippen molar-refractivity contribution in [3.8, 4) is 11.5 Å². The Morgan fingerprint density at radius 1 is 1.10 bits per heavy atom. The molecule has 2 fully saturated rings. The number of benzene rings is 1. The van der Waals surface area contributed by atoms with Crippen molar-refractivity contribution in [2.45, 2.75) is 38.6 Å². The van der Waals surface area contributed by atoms with Gasteiger partial charge in [0.1, 0.15) is 24.2 Å². The van der Waals surface area contributed by atoms with E-state index in [4.69, 9.17) is 18.9 Å². The minimum atomic E-state index is -0.0818.